The van der Waals surface area contributed by atoms with Crippen LogP contribution < -0.4 is 5.32 Å². The van der Waals surface area contributed by atoms with Crippen molar-refractivity contribution in [3.05, 3.63) is 35.4 Å². The topological polar surface area (TPSA) is 32.3 Å². The van der Waals surface area contributed by atoms with Crippen molar-refractivity contribution >= 4 is 11.8 Å². The summed E-state index contributed by atoms with van der Waals surface area (Å²) >= 11 is 0. The molecule has 0 unspecified atom stereocenters. The Labute approximate surface area is 90.6 Å². The summed E-state index contributed by atoms with van der Waals surface area (Å²) in [4.78, 5) is 0. The number of hydrogen-bond acceptors (Lipinski definition) is 2. The minimum atomic E-state index is -0.749. The molecule has 0 aromatic heterocycles. The molecule has 2 N–H and O–H groups in total. The van der Waals surface area contributed by atoms with Crippen molar-refractivity contribution in [1.29, 1.82) is 0 Å². The molecule has 0 saturated heterocycles. The molecular formula is C13H17NO. The third kappa shape index (κ3) is 2.39. The maximum atomic E-state index is 9.62. The molecule has 0 saturated carbocycles. The summed E-state index contributed by atoms with van der Waals surface area (Å²) in [6, 6.07) is 6.28. The van der Waals surface area contributed by atoms with Crippen molar-refractivity contribution in [2.75, 3.05) is 11.9 Å². The van der Waals surface area contributed by atoms with E-state index in [1.54, 1.807) is 13.8 Å². The van der Waals surface area contributed by atoms with Crippen LogP contribution in [0.5, 0.6) is 0 Å². The molecule has 2 rings (SSSR count). The van der Waals surface area contributed by atoms with Crippen molar-refractivity contribution in [2.24, 2.45) is 0 Å². The second-order valence-corrected chi connectivity index (χ2v) is 4.55. The highest BCUT2D eigenvalue weighted by Gasteiger charge is 2.12. The molecule has 0 amide bonds. The fourth-order valence-electron chi connectivity index (χ4n) is 1.80. The third-order valence-electron chi connectivity index (χ3n) is 2.55. The largest absolute Gasteiger partial charge is 0.386 e. The molecule has 0 atom stereocenters. The van der Waals surface area contributed by atoms with Crippen molar-refractivity contribution < 1.29 is 5.11 Å². The van der Waals surface area contributed by atoms with Crippen LogP contribution in [0.3, 0.4) is 0 Å². The summed E-state index contributed by atoms with van der Waals surface area (Å²) in [7, 11) is 0. The molecule has 0 spiro atoms. The zero-order valence-corrected chi connectivity index (χ0v) is 9.25. The Balaban J connectivity index is 2.30. The maximum absolute atomic E-state index is 9.62. The van der Waals surface area contributed by atoms with E-state index >= 15 is 0 Å². The van der Waals surface area contributed by atoms with Gasteiger partial charge in [-0.25, -0.2) is 0 Å². The van der Waals surface area contributed by atoms with Gasteiger partial charge in [-0.05, 0) is 31.4 Å². The maximum Gasteiger partial charge on any atom is 0.0774 e. The zero-order valence-electron chi connectivity index (χ0n) is 9.25. The van der Waals surface area contributed by atoms with Crippen LogP contribution in [0, 0.1) is 0 Å². The van der Waals surface area contributed by atoms with Gasteiger partial charge in [0.15, 0.2) is 0 Å². The van der Waals surface area contributed by atoms with Crippen LogP contribution in [0.15, 0.2) is 24.3 Å². The predicted octanol–water partition coefficient (Wildman–Crippen LogP) is 2.44. The molecule has 1 aliphatic rings. The summed E-state index contributed by atoms with van der Waals surface area (Å²) in [6.45, 7) is 4.57. The van der Waals surface area contributed by atoms with Gasteiger partial charge in [0.1, 0.15) is 0 Å². The monoisotopic (exact) mass is 203 g/mol. The van der Waals surface area contributed by atoms with Gasteiger partial charge in [-0.1, -0.05) is 30.4 Å². The first kappa shape index (κ1) is 10.2. The summed E-state index contributed by atoms with van der Waals surface area (Å²) in [5.41, 5.74) is 3.00. The summed E-state index contributed by atoms with van der Waals surface area (Å²) in [5.74, 6) is 0. The molecule has 1 aromatic rings. The first-order valence-corrected chi connectivity index (χ1v) is 5.34. The van der Waals surface area contributed by atoms with Gasteiger partial charge < -0.3 is 10.4 Å². The van der Waals surface area contributed by atoms with E-state index in [0.717, 1.165) is 18.5 Å². The normalized spacial score (nSPS) is 15.4. The Kier molecular flexibility index (Phi) is 2.53. The van der Waals surface area contributed by atoms with Crippen LogP contribution in [0.1, 0.15) is 25.0 Å². The summed E-state index contributed by atoms with van der Waals surface area (Å²) in [6.07, 6.45) is 4.90. The standard InChI is InChI=1S/C13H17NO/c1-13(2,15)8-6-10-4-3-5-11-7-9-14-12(10)11/h3-6,8,14-15H,7,9H2,1-2H3. The van der Waals surface area contributed by atoms with Crippen LogP contribution in [-0.2, 0) is 6.42 Å². The van der Waals surface area contributed by atoms with Gasteiger partial charge in [0.2, 0.25) is 0 Å². The van der Waals surface area contributed by atoms with Crippen LogP contribution in [0.25, 0.3) is 6.08 Å². The molecule has 0 aliphatic carbocycles. The smallest absolute Gasteiger partial charge is 0.0774 e. The lowest BCUT2D eigenvalue weighted by atomic mass is 10.0. The number of benzene rings is 1. The lowest BCUT2D eigenvalue weighted by molar-refractivity contribution is 0.134. The highest BCUT2D eigenvalue weighted by atomic mass is 16.3. The minimum absolute atomic E-state index is 0.749. The minimum Gasteiger partial charge on any atom is -0.386 e. The fourth-order valence-corrected chi connectivity index (χ4v) is 1.80. The number of anilines is 1. The average Bonchev–Trinajstić information content (AvgIpc) is 2.61. The number of para-hydroxylation sites is 1. The van der Waals surface area contributed by atoms with E-state index in [1.807, 2.05) is 12.2 Å². The second kappa shape index (κ2) is 3.70. The molecule has 2 heteroatoms. The first-order valence-electron chi connectivity index (χ1n) is 5.34. The third-order valence-corrected chi connectivity index (χ3v) is 2.55. The first-order chi connectivity index (χ1) is 7.06. The van der Waals surface area contributed by atoms with E-state index in [-0.39, 0.29) is 0 Å². The van der Waals surface area contributed by atoms with Gasteiger partial charge in [0.05, 0.1) is 5.60 Å². The van der Waals surface area contributed by atoms with Crippen LogP contribution in [-0.4, -0.2) is 17.3 Å². The van der Waals surface area contributed by atoms with Crippen molar-refractivity contribution in [3.8, 4) is 0 Å². The molecule has 0 radical (unpaired) electrons. The van der Waals surface area contributed by atoms with E-state index in [9.17, 15) is 5.11 Å². The van der Waals surface area contributed by atoms with Gasteiger partial charge in [-0.3, -0.25) is 0 Å². The van der Waals surface area contributed by atoms with E-state index in [2.05, 4.69) is 23.5 Å². The zero-order chi connectivity index (χ0) is 10.9. The SMILES string of the molecule is CC(C)(O)C=Cc1cccc2c1NCC2. The van der Waals surface area contributed by atoms with E-state index in [4.69, 9.17) is 0 Å². The highest BCUT2D eigenvalue weighted by Crippen LogP contribution is 2.27. The summed E-state index contributed by atoms with van der Waals surface area (Å²) < 4.78 is 0. The fraction of sp³-hybridized carbons (Fsp3) is 0.385. The Morgan fingerprint density at radius 1 is 1.40 bits per heavy atom. The molecule has 1 aromatic carbocycles. The molecule has 0 bridgehead atoms. The number of aliphatic hydroxyl groups is 1. The van der Waals surface area contributed by atoms with Gasteiger partial charge in [0.25, 0.3) is 0 Å². The molecule has 80 valence electrons. The predicted molar refractivity (Wildman–Crippen MR) is 64.0 cm³/mol. The van der Waals surface area contributed by atoms with E-state index in [0.29, 0.717) is 0 Å². The number of rotatable bonds is 2. The molecule has 15 heavy (non-hydrogen) atoms. The quantitative estimate of drug-likeness (QED) is 0.773. The lowest BCUT2D eigenvalue weighted by Gasteiger charge is -2.11. The lowest BCUT2D eigenvalue weighted by Crippen LogP contribution is -2.13. The van der Waals surface area contributed by atoms with E-state index in [1.165, 1.54) is 11.3 Å². The van der Waals surface area contributed by atoms with Crippen molar-refractivity contribution in [1.82, 2.24) is 0 Å². The Morgan fingerprint density at radius 3 is 2.93 bits per heavy atom. The van der Waals surface area contributed by atoms with Gasteiger partial charge in [-0.15, -0.1) is 0 Å². The Morgan fingerprint density at radius 2 is 2.20 bits per heavy atom. The number of nitrogens with one attached hydrogen (secondary N) is 1. The number of fused-ring (bicyclic) bond motifs is 1. The van der Waals surface area contributed by atoms with Gasteiger partial charge >= 0.3 is 0 Å². The Hall–Kier alpha value is -1.28. The second-order valence-electron chi connectivity index (χ2n) is 4.55. The molecule has 1 heterocycles. The van der Waals surface area contributed by atoms with Crippen molar-refractivity contribution in [3.63, 3.8) is 0 Å². The molecular weight excluding hydrogens is 186 g/mol. The number of hydrogen-bond donors (Lipinski definition) is 2. The summed E-state index contributed by atoms with van der Waals surface area (Å²) in [5, 5.41) is 13.0. The van der Waals surface area contributed by atoms with Crippen LogP contribution >= 0.6 is 0 Å². The average molecular weight is 203 g/mol. The Bertz CT molecular complexity index is 388. The molecule has 2 nitrogen and oxygen atoms in total. The van der Waals surface area contributed by atoms with Crippen LogP contribution in [0.2, 0.25) is 0 Å². The van der Waals surface area contributed by atoms with Gasteiger partial charge in [-0.2, -0.15) is 0 Å². The van der Waals surface area contributed by atoms with Crippen LogP contribution in [0.4, 0.5) is 5.69 Å². The highest BCUT2D eigenvalue weighted by molar-refractivity contribution is 5.72. The molecule has 0 fully saturated rings. The van der Waals surface area contributed by atoms with Gasteiger partial charge in [0, 0.05) is 12.2 Å². The van der Waals surface area contributed by atoms with E-state index < -0.39 is 5.60 Å². The van der Waals surface area contributed by atoms with Crippen molar-refractivity contribution in [2.45, 2.75) is 25.9 Å². The molecule has 1 aliphatic heterocycles.